The van der Waals surface area contributed by atoms with Crippen LogP contribution < -0.4 is 4.72 Å². The van der Waals surface area contributed by atoms with E-state index in [9.17, 15) is 9.35 Å². The maximum Gasteiger partial charge on any atom is 0.307 e. The molecule has 0 amide bonds. The van der Waals surface area contributed by atoms with Gasteiger partial charge in [0, 0.05) is 4.88 Å². The molecule has 0 aliphatic heterocycles. The van der Waals surface area contributed by atoms with Crippen molar-refractivity contribution >= 4 is 28.7 Å². The molecule has 0 aliphatic carbocycles. The number of thiophene rings is 1. The molecule has 4 nitrogen and oxygen atoms in total. The number of rotatable bonds is 8. The molecule has 2 atom stereocenters. The molecule has 1 N–H and O–H groups in total. The number of nitrogens with one attached hydrogen (secondary N) is 1. The fourth-order valence-electron chi connectivity index (χ4n) is 2.76. The highest BCUT2D eigenvalue weighted by Crippen LogP contribution is 2.32. The van der Waals surface area contributed by atoms with Crippen LogP contribution in [0.4, 0.5) is 0 Å². The second-order valence-electron chi connectivity index (χ2n) is 6.37. The number of esters is 1. The Balaban J connectivity index is 1.81. The molecular formula is C22H23NO3S2. The van der Waals surface area contributed by atoms with Crippen molar-refractivity contribution in [2.24, 2.45) is 0 Å². The number of carbonyl (C=O) groups excluding carboxylic acids is 1. The minimum Gasteiger partial charge on any atom is -0.593 e. The van der Waals surface area contributed by atoms with Gasteiger partial charge in [0.25, 0.3) is 0 Å². The van der Waals surface area contributed by atoms with E-state index in [-0.39, 0.29) is 18.4 Å². The van der Waals surface area contributed by atoms with Crippen LogP contribution in [0.15, 0.2) is 70.9 Å². The first-order valence-corrected chi connectivity index (χ1v) is 11.1. The zero-order valence-corrected chi connectivity index (χ0v) is 17.5. The standard InChI is InChI=1S/C22H23NO3S2/c1-3-26-22(24)14-20(23-28(25)19-11-9-16(2)10-12-19)21-13-18(15-27-21)17-7-5-4-6-8-17/h4-13,15,20,23H,3,14H2,1-2H3/t20-,28?/m0/s1. The largest absolute Gasteiger partial charge is 0.593 e. The Bertz CT molecular complexity index is 894. The molecular weight excluding hydrogens is 390 g/mol. The van der Waals surface area contributed by atoms with E-state index in [2.05, 4.69) is 10.1 Å². The lowest BCUT2D eigenvalue weighted by molar-refractivity contribution is -0.143. The summed E-state index contributed by atoms with van der Waals surface area (Å²) in [7, 11) is 0. The van der Waals surface area contributed by atoms with Gasteiger partial charge in [-0.3, -0.25) is 4.79 Å². The number of benzene rings is 2. The van der Waals surface area contributed by atoms with E-state index in [0.29, 0.717) is 11.5 Å². The van der Waals surface area contributed by atoms with Crippen molar-refractivity contribution in [3.8, 4) is 11.1 Å². The van der Waals surface area contributed by atoms with Gasteiger partial charge in [-0.05, 0) is 48.6 Å². The third-order valence-electron chi connectivity index (χ3n) is 4.23. The predicted molar refractivity (Wildman–Crippen MR) is 114 cm³/mol. The number of hydrogen-bond donors (Lipinski definition) is 1. The third-order valence-corrected chi connectivity index (χ3v) is 6.48. The van der Waals surface area contributed by atoms with E-state index in [4.69, 9.17) is 4.74 Å². The van der Waals surface area contributed by atoms with Gasteiger partial charge in [0.1, 0.15) is 0 Å². The molecule has 1 heterocycles. The summed E-state index contributed by atoms with van der Waals surface area (Å²) in [5.74, 6) is -0.310. The van der Waals surface area contributed by atoms with Crippen LogP contribution in [-0.4, -0.2) is 17.1 Å². The SMILES string of the molecule is CCOC(=O)C[C@H](N[S+]([O-])c1ccc(C)cc1)c1cc(-c2ccccc2)cs1. The van der Waals surface area contributed by atoms with Crippen LogP contribution >= 0.6 is 11.3 Å². The molecule has 0 bridgehead atoms. The van der Waals surface area contributed by atoms with Crippen LogP contribution in [0, 0.1) is 6.92 Å². The molecule has 0 spiro atoms. The topological polar surface area (TPSA) is 61.4 Å². The van der Waals surface area contributed by atoms with E-state index in [0.717, 1.165) is 21.6 Å². The number of aryl methyl sites for hydroxylation is 1. The number of carbonyl (C=O) groups is 1. The number of hydrogen-bond acceptors (Lipinski definition) is 5. The normalized spacial score (nSPS) is 13.1. The van der Waals surface area contributed by atoms with Crippen LogP contribution in [0.25, 0.3) is 11.1 Å². The third kappa shape index (κ3) is 5.45. The van der Waals surface area contributed by atoms with Crippen molar-refractivity contribution in [2.75, 3.05) is 6.61 Å². The van der Waals surface area contributed by atoms with E-state index in [1.165, 1.54) is 0 Å². The van der Waals surface area contributed by atoms with Gasteiger partial charge in [-0.15, -0.1) is 16.1 Å². The van der Waals surface area contributed by atoms with Gasteiger partial charge in [-0.25, -0.2) is 0 Å². The molecule has 0 saturated heterocycles. The monoisotopic (exact) mass is 413 g/mol. The Kier molecular flexibility index (Phi) is 7.28. The van der Waals surface area contributed by atoms with Crippen LogP contribution in [-0.2, 0) is 20.9 Å². The Morgan fingerprint density at radius 3 is 2.54 bits per heavy atom. The predicted octanol–water partition coefficient (Wildman–Crippen LogP) is 5.03. The van der Waals surface area contributed by atoms with Crippen LogP contribution in [0.1, 0.15) is 29.8 Å². The lowest BCUT2D eigenvalue weighted by Crippen LogP contribution is -2.30. The average Bonchev–Trinajstić information content (AvgIpc) is 3.19. The second-order valence-corrected chi connectivity index (χ2v) is 8.55. The van der Waals surface area contributed by atoms with Gasteiger partial charge in [0.15, 0.2) is 4.90 Å². The average molecular weight is 414 g/mol. The summed E-state index contributed by atoms with van der Waals surface area (Å²) in [5, 5.41) is 2.05. The quantitative estimate of drug-likeness (QED) is 0.416. The first kappa shape index (κ1) is 20.6. The van der Waals surface area contributed by atoms with Gasteiger partial charge in [0.2, 0.25) is 0 Å². The first-order valence-electron chi connectivity index (χ1n) is 9.11. The zero-order chi connectivity index (χ0) is 19.9. The summed E-state index contributed by atoms with van der Waals surface area (Å²) in [6, 6.07) is 19.2. The minimum absolute atomic E-state index is 0.125. The van der Waals surface area contributed by atoms with Crippen molar-refractivity contribution in [3.05, 3.63) is 76.5 Å². The summed E-state index contributed by atoms with van der Waals surface area (Å²) >= 11 is 0.119. The minimum atomic E-state index is -1.43. The van der Waals surface area contributed by atoms with Gasteiger partial charge in [-0.1, -0.05) is 48.0 Å². The van der Waals surface area contributed by atoms with Gasteiger partial charge in [0.05, 0.1) is 30.4 Å². The van der Waals surface area contributed by atoms with E-state index >= 15 is 0 Å². The van der Waals surface area contributed by atoms with Crippen LogP contribution in [0.3, 0.4) is 0 Å². The molecule has 2 aromatic carbocycles. The molecule has 1 unspecified atom stereocenters. The highest BCUT2D eigenvalue weighted by molar-refractivity contribution is 7.89. The van der Waals surface area contributed by atoms with Crippen molar-refractivity contribution in [2.45, 2.75) is 31.2 Å². The Hall–Kier alpha value is -2.12. The van der Waals surface area contributed by atoms with Gasteiger partial charge >= 0.3 is 5.97 Å². The summed E-state index contributed by atoms with van der Waals surface area (Å²) < 4.78 is 21.0. The summed E-state index contributed by atoms with van der Waals surface area (Å²) in [4.78, 5) is 13.7. The van der Waals surface area contributed by atoms with Crippen LogP contribution in [0.5, 0.6) is 0 Å². The van der Waals surface area contributed by atoms with Crippen molar-refractivity contribution in [3.63, 3.8) is 0 Å². The molecule has 6 heteroatoms. The molecule has 0 fully saturated rings. The van der Waals surface area contributed by atoms with Crippen molar-refractivity contribution < 1.29 is 14.1 Å². The van der Waals surface area contributed by atoms with E-state index in [1.54, 1.807) is 18.3 Å². The van der Waals surface area contributed by atoms with Gasteiger partial charge < -0.3 is 9.29 Å². The van der Waals surface area contributed by atoms with Gasteiger partial charge in [-0.2, -0.15) is 0 Å². The molecule has 1 aromatic heterocycles. The highest BCUT2D eigenvalue weighted by atomic mass is 32.2. The summed E-state index contributed by atoms with van der Waals surface area (Å²) in [6.45, 7) is 4.09. The molecule has 0 saturated carbocycles. The van der Waals surface area contributed by atoms with E-state index in [1.807, 2.05) is 67.6 Å². The molecule has 3 aromatic rings. The maximum atomic E-state index is 12.8. The summed E-state index contributed by atoms with van der Waals surface area (Å²) in [5.41, 5.74) is 3.30. The lowest BCUT2D eigenvalue weighted by atomic mass is 10.1. The Morgan fingerprint density at radius 2 is 1.86 bits per heavy atom. The molecule has 28 heavy (non-hydrogen) atoms. The fraction of sp³-hybridized carbons (Fsp3) is 0.227. The maximum absolute atomic E-state index is 12.8. The summed E-state index contributed by atoms with van der Waals surface area (Å²) in [6.07, 6.45) is 0.125. The number of ether oxygens (including phenoxy) is 1. The molecule has 146 valence electrons. The molecule has 3 rings (SSSR count). The molecule has 0 aliphatic rings. The van der Waals surface area contributed by atoms with Crippen molar-refractivity contribution in [1.82, 2.24) is 4.72 Å². The second kappa shape index (κ2) is 9.89. The van der Waals surface area contributed by atoms with Crippen molar-refractivity contribution in [1.29, 1.82) is 0 Å². The highest BCUT2D eigenvalue weighted by Gasteiger charge is 2.25. The zero-order valence-electron chi connectivity index (χ0n) is 15.9. The Morgan fingerprint density at radius 1 is 1.14 bits per heavy atom. The van der Waals surface area contributed by atoms with E-state index < -0.39 is 11.4 Å². The fourth-order valence-corrected chi connectivity index (χ4v) is 4.79. The Labute approximate surface area is 172 Å². The lowest BCUT2D eigenvalue weighted by Gasteiger charge is -2.18. The van der Waals surface area contributed by atoms with Crippen LogP contribution in [0.2, 0.25) is 0 Å². The smallest absolute Gasteiger partial charge is 0.307 e. The first-order chi connectivity index (χ1) is 13.6. The molecule has 0 radical (unpaired) electrons.